The zero-order valence-corrected chi connectivity index (χ0v) is 48.4. The largest absolute Gasteiger partial charge is 0.466 e. The number of carbonyl (C=O) groups excluding carboxylic acids is 2. The quantitative estimate of drug-likeness (QED) is 0.0320. The lowest BCUT2D eigenvalue weighted by atomic mass is 10.0. The van der Waals surface area contributed by atoms with E-state index in [4.69, 9.17) is 4.74 Å². The number of unbranched alkanes of at least 4 members (excludes halogenated alkanes) is 45. The molecule has 0 spiro atoms. The van der Waals surface area contributed by atoms with Gasteiger partial charge >= 0.3 is 5.97 Å². The summed E-state index contributed by atoms with van der Waals surface area (Å²) < 4.78 is 5.49. The molecule has 2 unspecified atom stereocenters. The number of aliphatic hydroxyl groups excluding tert-OH is 2. The van der Waals surface area contributed by atoms with Gasteiger partial charge in [0.05, 0.1) is 25.4 Å². The summed E-state index contributed by atoms with van der Waals surface area (Å²) >= 11 is 0. The van der Waals surface area contributed by atoms with Crippen LogP contribution in [0.25, 0.3) is 0 Å². The Hall–Kier alpha value is -1.92. The first-order valence-electron chi connectivity index (χ1n) is 32.3. The molecule has 72 heavy (non-hydrogen) atoms. The normalized spacial score (nSPS) is 12.8. The molecule has 0 aromatic carbocycles. The van der Waals surface area contributed by atoms with Gasteiger partial charge in [0.25, 0.3) is 0 Å². The van der Waals surface area contributed by atoms with Crippen LogP contribution in [0, 0.1) is 0 Å². The van der Waals surface area contributed by atoms with Gasteiger partial charge in [0.15, 0.2) is 0 Å². The monoisotopic (exact) mass is 1010 g/mol. The minimum atomic E-state index is -0.844. The van der Waals surface area contributed by atoms with Gasteiger partial charge in [0.2, 0.25) is 5.91 Å². The van der Waals surface area contributed by atoms with E-state index in [9.17, 15) is 19.8 Å². The first kappa shape index (κ1) is 70.1. The van der Waals surface area contributed by atoms with Crippen molar-refractivity contribution in [3.63, 3.8) is 0 Å². The van der Waals surface area contributed by atoms with E-state index in [1.807, 2.05) is 6.08 Å². The van der Waals surface area contributed by atoms with Crippen molar-refractivity contribution in [2.24, 2.45) is 0 Å². The van der Waals surface area contributed by atoms with E-state index in [-0.39, 0.29) is 18.5 Å². The van der Waals surface area contributed by atoms with Crippen LogP contribution in [0.4, 0.5) is 0 Å². The van der Waals surface area contributed by atoms with Crippen molar-refractivity contribution >= 4 is 11.9 Å². The number of hydrogen-bond donors (Lipinski definition) is 3. The number of esters is 1. The predicted octanol–water partition coefficient (Wildman–Crippen LogP) is 20.4. The summed E-state index contributed by atoms with van der Waals surface area (Å²) in [5.74, 6) is -0.0615. The highest BCUT2D eigenvalue weighted by molar-refractivity contribution is 5.76. The second-order valence-corrected chi connectivity index (χ2v) is 22.1. The summed E-state index contributed by atoms with van der Waals surface area (Å²) in [6, 6.07) is -0.627. The molecule has 0 rings (SSSR count). The number of ether oxygens (including phenoxy) is 1. The van der Waals surface area contributed by atoms with Crippen LogP contribution in [-0.2, 0) is 14.3 Å². The van der Waals surface area contributed by atoms with Crippen LogP contribution in [-0.4, -0.2) is 47.4 Å². The Labute approximate surface area is 449 Å². The Bertz CT molecular complexity index is 1170. The zero-order chi connectivity index (χ0) is 52.2. The smallest absolute Gasteiger partial charge is 0.305 e. The van der Waals surface area contributed by atoms with Gasteiger partial charge in [-0.3, -0.25) is 9.59 Å². The standard InChI is InChI=1S/C66H125NO5/c1-3-5-7-9-11-13-15-17-18-33-36-40-44-48-52-56-60-66(71)72-61-57-53-49-45-41-37-34-31-29-27-25-23-21-19-20-22-24-26-28-30-32-35-39-43-47-51-55-59-65(70)67-63(62-68)64(69)58-54-50-46-42-38-16-14-12-10-8-6-4-2/h18-20,33,54,58,63-64,68-69H,3-17,21-32,34-53,55-57,59-62H2,1-2H3,(H,67,70)/b20-19-,33-18-,58-54+. The summed E-state index contributed by atoms with van der Waals surface area (Å²) in [6.45, 7) is 4.90. The molecule has 0 aliphatic carbocycles. The molecule has 0 aliphatic heterocycles. The second kappa shape index (κ2) is 61.6. The van der Waals surface area contributed by atoms with Crippen LogP contribution < -0.4 is 5.32 Å². The first-order valence-corrected chi connectivity index (χ1v) is 32.3. The highest BCUT2D eigenvalue weighted by atomic mass is 16.5. The predicted molar refractivity (Wildman–Crippen MR) is 315 cm³/mol. The highest BCUT2D eigenvalue weighted by Gasteiger charge is 2.18. The topological polar surface area (TPSA) is 95.9 Å². The molecule has 0 aliphatic rings. The number of carbonyl (C=O) groups is 2. The highest BCUT2D eigenvalue weighted by Crippen LogP contribution is 2.17. The summed E-state index contributed by atoms with van der Waals surface area (Å²) in [6.07, 6.45) is 77.7. The third kappa shape index (κ3) is 57.4. The van der Waals surface area contributed by atoms with Crippen molar-refractivity contribution < 1.29 is 24.5 Å². The fourth-order valence-electron chi connectivity index (χ4n) is 9.92. The minimum Gasteiger partial charge on any atom is -0.466 e. The Morgan fingerprint density at radius 2 is 0.653 bits per heavy atom. The molecule has 0 aromatic heterocycles. The Balaban J connectivity index is 3.38. The molecule has 0 saturated carbocycles. The van der Waals surface area contributed by atoms with Crippen molar-refractivity contribution in [3.8, 4) is 0 Å². The van der Waals surface area contributed by atoms with Gasteiger partial charge < -0.3 is 20.3 Å². The van der Waals surface area contributed by atoms with Crippen LogP contribution in [0.3, 0.4) is 0 Å². The number of rotatable bonds is 60. The number of aliphatic hydroxyl groups is 2. The maximum Gasteiger partial charge on any atom is 0.305 e. The van der Waals surface area contributed by atoms with Crippen LogP contribution in [0.15, 0.2) is 36.5 Å². The van der Waals surface area contributed by atoms with E-state index in [1.54, 1.807) is 6.08 Å². The van der Waals surface area contributed by atoms with Crippen LogP contribution in [0.2, 0.25) is 0 Å². The number of hydrogen-bond acceptors (Lipinski definition) is 5. The minimum absolute atomic E-state index is 0.00736. The zero-order valence-electron chi connectivity index (χ0n) is 48.4. The molecule has 0 radical (unpaired) electrons. The molecule has 2 atom stereocenters. The molecule has 0 heterocycles. The van der Waals surface area contributed by atoms with Crippen molar-refractivity contribution in [2.75, 3.05) is 13.2 Å². The van der Waals surface area contributed by atoms with Gasteiger partial charge in [-0.15, -0.1) is 0 Å². The summed E-state index contributed by atoms with van der Waals surface area (Å²) in [5.41, 5.74) is 0. The molecular formula is C66H125NO5. The molecule has 0 fully saturated rings. The molecule has 1 amide bonds. The maximum absolute atomic E-state index is 12.4. The van der Waals surface area contributed by atoms with E-state index in [1.165, 1.54) is 276 Å². The van der Waals surface area contributed by atoms with Crippen LogP contribution in [0.5, 0.6) is 0 Å². The second-order valence-electron chi connectivity index (χ2n) is 22.1. The lowest BCUT2D eigenvalue weighted by molar-refractivity contribution is -0.143. The number of allylic oxidation sites excluding steroid dienone is 5. The van der Waals surface area contributed by atoms with Crippen molar-refractivity contribution in [1.82, 2.24) is 5.32 Å². The summed E-state index contributed by atoms with van der Waals surface area (Å²) in [7, 11) is 0. The van der Waals surface area contributed by atoms with Gasteiger partial charge in [-0.2, -0.15) is 0 Å². The molecule has 424 valence electrons. The van der Waals surface area contributed by atoms with E-state index < -0.39 is 12.1 Å². The third-order valence-corrected chi connectivity index (χ3v) is 14.9. The van der Waals surface area contributed by atoms with E-state index in [2.05, 4.69) is 43.5 Å². The first-order chi connectivity index (χ1) is 35.5. The Morgan fingerprint density at radius 3 is 0.986 bits per heavy atom. The van der Waals surface area contributed by atoms with Gasteiger partial charge in [-0.25, -0.2) is 0 Å². The molecule has 0 saturated heterocycles. The molecule has 0 aromatic rings. The lowest BCUT2D eigenvalue weighted by Gasteiger charge is -2.20. The third-order valence-electron chi connectivity index (χ3n) is 14.9. The van der Waals surface area contributed by atoms with Gasteiger partial charge in [-0.1, -0.05) is 288 Å². The number of amides is 1. The van der Waals surface area contributed by atoms with Gasteiger partial charge in [-0.05, 0) is 83.5 Å². The van der Waals surface area contributed by atoms with Gasteiger partial charge in [0, 0.05) is 12.8 Å². The van der Waals surface area contributed by atoms with Crippen molar-refractivity contribution in [1.29, 1.82) is 0 Å². The van der Waals surface area contributed by atoms with E-state index in [0.717, 1.165) is 44.9 Å². The summed E-state index contributed by atoms with van der Waals surface area (Å²) in [5, 5.41) is 23.1. The van der Waals surface area contributed by atoms with Crippen molar-refractivity contribution in [3.05, 3.63) is 36.5 Å². The Morgan fingerprint density at radius 1 is 0.375 bits per heavy atom. The van der Waals surface area contributed by atoms with Gasteiger partial charge in [0.1, 0.15) is 0 Å². The molecule has 3 N–H and O–H groups in total. The van der Waals surface area contributed by atoms with Crippen LogP contribution >= 0.6 is 0 Å². The van der Waals surface area contributed by atoms with E-state index >= 15 is 0 Å². The van der Waals surface area contributed by atoms with Crippen LogP contribution in [0.1, 0.15) is 348 Å². The Kier molecular flexibility index (Phi) is 60.0. The fraction of sp³-hybridized carbons (Fsp3) is 0.879. The molecular weight excluding hydrogens is 887 g/mol. The van der Waals surface area contributed by atoms with Crippen molar-refractivity contribution in [2.45, 2.75) is 360 Å². The lowest BCUT2D eigenvalue weighted by Crippen LogP contribution is -2.45. The fourth-order valence-corrected chi connectivity index (χ4v) is 9.92. The SMILES string of the molecule is CCCCCCCCC/C=C\CCCCCCCC(=O)OCCCCCCCCCCCCCC/C=C\CCCCCCCCCCCCCC(=O)NC(CO)C(O)/C=C/CCCCCCCCCCCC. The number of nitrogens with one attached hydrogen (secondary N) is 1. The average Bonchev–Trinajstić information content (AvgIpc) is 3.38. The molecule has 6 heteroatoms. The van der Waals surface area contributed by atoms with E-state index in [0.29, 0.717) is 19.4 Å². The molecule has 6 nitrogen and oxygen atoms in total. The molecule has 0 bridgehead atoms. The average molecular weight is 1010 g/mol. The maximum atomic E-state index is 12.4. The summed E-state index contributed by atoms with van der Waals surface area (Å²) in [4.78, 5) is 24.5.